The predicted molar refractivity (Wildman–Crippen MR) is 90.6 cm³/mol. The van der Waals surface area contributed by atoms with Gasteiger partial charge in [-0.3, -0.25) is 9.69 Å². The molecule has 24 heavy (non-hydrogen) atoms. The van der Waals surface area contributed by atoms with E-state index in [9.17, 15) is 4.79 Å². The minimum absolute atomic E-state index is 0.0489. The van der Waals surface area contributed by atoms with Gasteiger partial charge in [-0.15, -0.1) is 0 Å². The van der Waals surface area contributed by atoms with Crippen molar-refractivity contribution in [1.29, 1.82) is 0 Å². The van der Waals surface area contributed by atoms with Crippen molar-refractivity contribution in [1.82, 2.24) is 9.88 Å². The maximum atomic E-state index is 12.4. The van der Waals surface area contributed by atoms with Crippen LogP contribution in [0.4, 0.5) is 0 Å². The highest BCUT2D eigenvalue weighted by Gasteiger charge is 2.20. The number of aromatic nitrogens is 1. The number of fused-ring (bicyclic) bond motifs is 2. The van der Waals surface area contributed by atoms with Crippen LogP contribution < -0.4 is 15.0 Å². The Morgan fingerprint density at radius 2 is 2.08 bits per heavy atom. The van der Waals surface area contributed by atoms with Gasteiger partial charge in [0.1, 0.15) is 0 Å². The van der Waals surface area contributed by atoms with E-state index in [1.54, 1.807) is 0 Å². The van der Waals surface area contributed by atoms with Crippen LogP contribution in [-0.2, 0) is 11.3 Å². The average Bonchev–Trinajstić information content (AvgIpc) is 3.24. The first-order valence-electron chi connectivity index (χ1n) is 8.52. The van der Waals surface area contributed by atoms with E-state index in [0.29, 0.717) is 18.4 Å². The average molecular weight is 330 g/mol. The fraction of sp³-hybridized carbons (Fsp3) is 0.500. The van der Waals surface area contributed by atoms with Crippen LogP contribution in [0.1, 0.15) is 25.3 Å². The highest BCUT2D eigenvalue weighted by Crippen LogP contribution is 2.35. The Balaban J connectivity index is 1.59. The van der Waals surface area contributed by atoms with Crippen molar-refractivity contribution in [2.75, 3.05) is 26.5 Å². The summed E-state index contributed by atoms with van der Waals surface area (Å²) in [7, 11) is 0. The quantitative estimate of drug-likeness (QED) is 0.911. The smallest absolute Gasteiger partial charge is 0.252 e. The lowest BCUT2D eigenvalue weighted by atomic mass is 10.1. The molecule has 0 aliphatic carbocycles. The molecule has 1 aromatic carbocycles. The summed E-state index contributed by atoms with van der Waals surface area (Å²) in [6.45, 7) is 5.58. The Morgan fingerprint density at radius 1 is 1.25 bits per heavy atom. The first-order chi connectivity index (χ1) is 11.7. The summed E-state index contributed by atoms with van der Waals surface area (Å²) in [6.07, 6.45) is 2.53. The summed E-state index contributed by atoms with van der Waals surface area (Å²) in [4.78, 5) is 17.7. The Labute approximate surface area is 140 Å². The van der Waals surface area contributed by atoms with E-state index < -0.39 is 0 Å². The molecule has 0 amide bonds. The van der Waals surface area contributed by atoms with E-state index in [0.717, 1.165) is 54.8 Å². The summed E-state index contributed by atoms with van der Waals surface area (Å²) in [5.74, 6) is 1.41. The van der Waals surface area contributed by atoms with Crippen LogP contribution >= 0.6 is 0 Å². The van der Waals surface area contributed by atoms with Crippen LogP contribution in [0.5, 0.6) is 11.5 Å². The summed E-state index contributed by atoms with van der Waals surface area (Å²) in [5.41, 5.74) is 1.49. The fourth-order valence-electron chi connectivity index (χ4n) is 3.38. The van der Waals surface area contributed by atoms with Crippen molar-refractivity contribution in [2.24, 2.45) is 0 Å². The number of H-pyrrole nitrogens is 1. The number of hydrogen-bond donors (Lipinski definition) is 1. The number of hydrogen-bond acceptors (Lipinski definition) is 5. The van der Waals surface area contributed by atoms with E-state index in [2.05, 4.69) is 16.8 Å². The number of aromatic amines is 1. The van der Waals surface area contributed by atoms with E-state index in [1.807, 2.05) is 18.2 Å². The van der Waals surface area contributed by atoms with Gasteiger partial charge in [0, 0.05) is 36.7 Å². The minimum atomic E-state index is -0.0489. The number of nitrogens with zero attached hydrogens (tertiary/aromatic N) is 1. The maximum Gasteiger partial charge on any atom is 0.252 e. The Kier molecular flexibility index (Phi) is 4.16. The van der Waals surface area contributed by atoms with Crippen LogP contribution in [-0.4, -0.2) is 42.5 Å². The molecular formula is C18H22N2O4. The van der Waals surface area contributed by atoms with E-state index in [4.69, 9.17) is 14.2 Å². The van der Waals surface area contributed by atoms with Gasteiger partial charge in [-0.2, -0.15) is 0 Å². The molecule has 0 radical (unpaired) electrons. The van der Waals surface area contributed by atoms with Crippen LogP contribution in [0.2, 0.25) is 0 Å². The molecule has 2 aromatic rings. The molecule has 1 saturated heterocycles. The number of benzene rings is 1. The molecule has 0 unspecified atom stereocenters. The van der Waals surface area contributed by atoms with Crippen molar-refractivity contribution in [2.45, 2.75) is 32.4 Å². The predicted octanol–water partition coefficient (Wildman–Crippen LogP) is 2.26. The second-order valence-electron chi connectivity index (χ2n) is 6.38. The highest BCUT2D eigenvalue weighted by molar-refractivity contribution is 5.83. The highest BCUT2D eigenvalue weighted by atomic mass is 16.7. The molecule has 0 saturated carbocycles. The van der Waals surface area contributed by atoms with Gasteiger partial charge in [0.05, 0.1) is 11.6 Å². The zero-order chi connectivity index (χ0) is 16.5. The fourth-order valence-corrected chi connectivity index (χ4v) is 3.38. The minimum Gasteiger partial charge on any atom is -0.454 e. The van der Waals surface area contributed by atoms with Crippen molar-refractivity contribution in [3.05, 3.63) is 34.1 Å². The van der Waals surface area contributed by atoms with Crippen molar-refractivity contribution in [3.8, 4) is 11.5 Å². The second-order valence-corrected chi connectivity index (χ2v) is 6.38. The summed E-state index contributed by atoms with van der Waals surface area (Å²) in [6, 6.07) is 5.70. The Morgan fingerprint density at radius 3 is 2.83 bits per heavy atom. The first-order valence-corrected chi connectivity index (χ1v) is 8.52. The molecule has 1 aromatic heterocycles. The lowest BCUT2D eigenvalue weighted by Gasteiger charge is -2.23. The van der Waals surface area contributed by atoms with Crippen molar-refractivity contribution < 1.29 is 14.2 Å². The zero-order valence-corrected chi connectivity index (χ0v) is 13.8. The molecule has 2 aliphatic rings. The van der Waals surface area contributed by atoms with E-state index in [-0.39, 0.29) is 12.4 Å². The van der Waals surface area contributed by atoms with Crippen molar-refractivity contribution in [3.63, 3.8) is 0 Å². The topological polar surface area (TPSA) is 63.8 Å². The number of likely N-dealkylation sites (N-methyl/N-ethyl adjacent to an activating group) is 1. The molecule has 4 rings (SSSR count). The molecule has 1 fully saturated rings. The third kappa shape index (κ3) is 2.99. The molecule has 6 heteroatoms. The standard InChI is InChI=1S/C18H22N2O4/c1-2-20(10-14-4-3-5-22-14)9-13-6-12-7-16-17(24-11-23-16)8-15(12)19-18(13)21/h6-8,14H,2-5,9-11H2,1H3,(H,19,21)/t14-/m1/s1. The Hall–Kier alpha value is -2.05. The number of nitrogens with one attached hydrogen (secondary N) is 1. The molecule has 1 atom stereocenters. The van der Waals surface area contributed by atoms with E-state index in [1.165, 1.54) is 0 Å². The number of ether oxygens (including phenoxy) is 3. The van der Waals surface area contributed by atoms with Crippen LogP contribution in [0, 0.1) is 0 Å². The van der Waals surface area contributed by atoms with Crippen LogP contribution in [0.15, 0.2) is 23.0 Å². The maximum absolute atomic E-state index is 12.4. The SMILES string of the molecule is CCN(Cc1cc2cc3c(cc2[nH]c1=O)OCO3)C[C@H]1CCCO1. The largest absolute Gasteiger partial charge is 0.454 e. The summed E-state index contributed by atoms with van der Waals surface area (Å²) < 4.78 is 16.5. The lowest BCUT2D eigenvalue weighted by molar-refractivity contribution is 0.0724. The molecule has 6 nitrogen and oxygen atoms in total. The second kappa shape index (κ2) is 6.45. The number of pyridine rings is 1. The van der Waals surface area contributed by atoms with Gasteiger partial charge in [0.25, 0.3) is 5.56 Å². The summed E-state index contributed by atoms with van der Waals surface area (Å²) in [5, 5.41) is 0.960. The summed E-state index contributed by atoms with van der Waals surface area (Å²) >= 11 is 0. The third-order valence-corrected chi connectivity index (χ3v) is 4.74. The first kappa shape index (κ1) is 15.5. The van der Waals surface area contributed by atoms with Gasteiger partial charge in [-0.1, -0.05) is 6.92 Å². The third-order valence-electron chi connectivity index (χ3n) is 4.74. The van der Waals surface area contributed by atoms with Crippen LogP contribution in [0.3, 0.4) is 0 Å². The zero-order valence-electron chi connectivity index (χ0n) is 13.8. The monoisotopic (exact) mass is 330 g/mol. The van der Waals surface area contributed by atoms with Gasteiger partial charge < -0.3 is 19.2 Å². The molecule has 0 spiro atoms. The van der Waals surface area contributed by atoms with Gasteiger partial charge in [0.15, 0.2) is 11.5 Å². The van der Waals surface area contributed by atoms with Gasteiger partial charge in [0.2, 0.25) is 6.79 Å². The molecular weight excluding hydrogens is 308 g/mol. The Bertz CT molecular complexity index is 795. The van der Waals surface area contributed by atoms with Crippen molar-refractivity contribution >= 4 is 10.9 Å². The van der Waals surface area contributed by atoms with Crippen LogP contribution in [0.25, 0.3) is 10.9 Å². The normalized spacial score (nSPS) is 19.5. The molecule has 128 valence electrons. The van der Waals surface area contributed by atoms with Gasteiger partial charge in [-0.05, 0) is 31.5 Å². The molecule has 1 N–H and O–H groups in total. The molecule has 2 aliphatic heterocycles. The van der Waals surface area contributed by atoms with E-state index >= 15 is 0 Å². The van der Waals surface area contributed by atoms with Gasteiger partial charge in [-0.25, -0.2) is 0 Å². The molecule has 3 heterocycles. The lowest BCUT2D eigenvalue weighted by Crippen LogP contribution is -2.33. The van der Waals surface area contributed by atoms with Gasteiger partial charge >= 0.3 is 0 Å². The number of rotatable bonds is 5. The molecule has 0 bridgehead atoms.